The van der Waals surface area contributed by atoms with E-state index >= 15 is 0 Å². The second kappa shape index (κ2) is 3.85. The molecule has 3 aliphatic heterocycles. The van der Waals surface area contributed by atoms with Gasteiger partial charge in [0.15, 0.2) is 0 Å². The third-order valence-corrected chi connectivity index (χ3v) is 3.69. The lowest BCUT2D eigenvalue weighted by molar-refractivity contribution is 0.252. The van der Waals surface area contributed by atoms with Gasteiger partial charge in [0.25, 0.3) is 0 Å². The van der Waals surface area contributed by atoms with Crippen LogP contribution < -0.4 is 4.74 Å². The molecule has 1 fully saturated rings. The number of allylic oxidation sites excluding steroid dienone is 1. The quantitative estimate of drug-likeness (QED) is 0.752. The van der Waals surface area contributed by atoms with E-state index in [-0.39, 0.29) is 0 Å². The lowest BCUT2D eigenvalue weighted by atomic mass is 9.82. The average molecular weight is 215 g/mol. The Morgan fingerprint density at radius 3 is 2.69 bits per heavy atom. The zero-order valence-corrected chi connectivity index (χ0v) is 9.65. The van der Waals surface area contributed by atoms with E-state index in [1.807, 2.05) is 6.07 Å². The summed E-state index contributed by atoms with van der Waals surface area (Å²) >= 11 is 0. The maximum Gasteiger partial charge on any atom is 0.119 e. The highest BCUT2D eigenvalue weighted by atomic mass is 16.5. The Bertz CT molecular complexity index is 416. The lowest BCUT2D eigenvalue weighted by Gasteiger charge is -2.39. The highest BCUT2D eigenvalue weighted by Crippen LogP contribution is 2.37. The minimum atomic E-state index is 0.761. The maximum absolute atomic E-state index is 5.28. The molecule has 2 bridgehead atoms. The Morgan fingerprint density at radius 2 is 2.06 bits per heavy atom. The van der Waals surface area contributed by atoms with Crippen molar-refractivity contribution in [1.29, 1.82) is 0 Å². The van der Waals surface area contributed by atoms with Crippen molar-refractivity contribution >= 4 is 5.57 Å². The van der Waals surface area contributed by atoms with Crippen molar-refractivity contribution < 1.29 is 4.74 Å². The summed E-state index contributed by atoms with van der Waals surface area (Å²) in [5.74, 6) is 1.71. The van der Waals surface area contributed by atoms with E-state index < -0.39 is 0 Å². The van der Waals surface area contributed by atoms with Gasteiger partial charge in [-0.15, -0.1) is 0 Å². The molecular formula is C14H17NO. The molecule has 0 aliphatic carbocycles. The largest absolute Gasteiger partial charge is 0.497 e. The number of benzene rings is 1. The van der Waals surface area contributed by atoms with Gasteiger partial charge >= 0.3 is 0 Å². The first-order valence-electron chi connectivity index (χ1n) is 5.97. The van der Waals surface area contributed by atoms with Gasteiger partial charge < -0.3 is 9.64 Å². The van der Waals surface area contributed by atoms with E-state index in [1.54, 1.807) is 7.11 Å². The number of hydrogen-bond acceptors (Lipinski definition) is 2. The van der Waals surface area contributed by atoms with E-state index in [1.165, 1.54) is 37.1 Å². The molecule has 2 nitrogen and oxygen atoms in total. The zero-order chi connectivity index (χ0) is 11.0. The van der Waals surface area contributed by atoms with Crippen LogP contribution in [0.15, 0.2) is 30.5 Å². The second-order valence-electron chi connectivity index (χ2n) is 4.63. The fraction of sp³-hybridized carbons (Fsp3) is 0.429. The van der Waals surface area contributed by atoms with E-state index in [0.717, 1.165) is 11.7 Å². The van der Waals surface area contributed by atoms with Crippen LogP contribution in [0, 0.1) is 5.92 Å². The maximum atomic E-state index is 5.28. The molecule has 84 valence electrons. The van der Waals surface area contributed by atoms with Crippen molar-refractivity contribution in [3.8, 4) is 5.75 Å². The Kier molecular flexibility index (Phi) is 2.35. The number of nitrogens with zero attached hydrogens (tertiary/aromatic N) is 1. The van der Waals surface area contributed by atoms with E-state index in [9.17, 15) is 0 Å². The van der Waals surface area contributed by atoms with Crippen molar-refractivity contribution in [1.82, 2.24) is 4.90 Å². The number of fused-ring (bicyclic) bond motifs is 2. The van der Waals surface area contributed by atoms with Crippen LogP contribution in [0.3, 0.4) is 0 Å². The predicted octanol–water partition coefficient (Wildman–Crippen LogP) is 2.76. The van der Waals surface area contributed by atoms with Gasteiger partial charge in [0.1, 0.15) is 5.75 Å². The monoisotopic (exact) mass is 215 g/mol. The van der Waals surface area contributed by atoms with E-state index in [2.05, 4.69) is 29.3 Å². The van der Waals surface area contributed by atoms with Crippen molar-refractivity contribution in [2.24, 2.45) is 5.92 Å². The number of piperidine rings is 1. The van der Waals surface area contributed by atoms with Crippen LogP contribution in [0.25, 0.3) is 5.57 Å². The summed E-state index contributed by atoms with van der Waals surface area (Å²) in [5.41, 5.74) is 2.82. The zero-order valence-electron chi connectivity index (χ0n) is 9.65. The standard InChI is InChI=1S/C14H17NO/c1-16-13-4-2-3-12(9-13)14-10-15-7-5-11(14)6-8-15/h2-4,9-11H,5-8H2,1H3. The van der Waals surface area contributed by atoms with Crippen LogP contribution in [0.2, 0.25) is 0 Å². The molecule has 3 heterocycles. The van der Waals surface area contributed by atoms with Gasteiger partial charge in [0.2, 0.25) is 0 Å². The van der Waals surface area contributed by atoms with E-state index in [4.69, 9.17) is 4.74 Å². The summed E-state index contributed by atoms with van der Waals surface area (Å²) in [6.07, 6.45) is 4.96. The fourth-order valence-corrected chi connectivity index (χ4v) is 2.75. The first-order valence-corrected chi connectivity index (χ1v) is 5.97. The van der Waals surface area contributed by atoms with Crippen molar-refractivity contribution in [2.75, 3.05) is 20.2 Å². The molecule has 16 heavy (non-hydrogen) atoms. The molecule has 1 aromatic rings. The normalized spacial score (nSPS) is 19.8. The Morgan fingerprint density at radius 1 is 1.25 bits per heavy atom. The van der Waals surface area contributed by atoms with Crippen LogP contribution in [0.1, 0.15) is 18.4 Å². The molecule has 2 heteroatoms. The summed E-state index contributed by atoms with van der Waals surface area (Å²) in [6, 6.07) is 8.42. The van der Waals surface area contributed by atoms with Gasteiger partial charge in [-0.05, 0) is 42.0 Å². The minimum absolute atomic E-state index is 0.761. The number of hydrogen-bond donors (Lipinski definition) is 0. The summed E-state index contributed by atoms with van der Waals surface area (Å²) in [4.78, 5) is 2.44. The molecule has 0 aromatic heterocycles. The van der Waals surface area contributed by atoms with Crippen LogP contribution in [0.5, 0.6) is 5.75 Å². The van der Waals surface area contributed by atoms with Crippen LogP contribution in [-0.2, 0) is 0 Å². The number of ether oxygens (including phenoxy) is 1. The summed E-state index contributed by atoms with van der Waals surface area (Å²) in [5, 5.41) is 0. The third-order valence-electron chi connectivity index (χ3n) is 3.69. The smallest absolute Gasteiger partial charge is 0.119 e. The van der Waals surface area contributed by atoms with E-state index in [0.29, 0.717) is 0 Å². The van der Waals surface area contributed by atoms with Gasteiger partial charge in [0, 0.05) is 19.3 Å². The fourth-order valence-electron chi connectivity index (χ4n) is 2.75. The van der Waals surface area contributed by atoms with Gasteiger partial charge in [-0.3, -0.25) is 0 Å². The van der Waals surface area contributed by atoms with Gasteiger partial charge in [-0.25, -0.2) is 0 Å². The molecule has 1 saturated heterocycles. The summed E-state index contributed by atoms with van der Waals surface area (Å²) in [6.45, 7) is 2.47. The van der Waals surface area contributed by atoms with Crippen LogP contribution >= 0.6 is 0 Å². The molecule has 0 amide bonds. The molecule has 4 rings (SSSR count). The lowest BCUT2D eigenvalue weighted by Crippen LogP contribution is -2.35. The molecule has 1 aromatic carbocycles. The Hall–Kier alpha value is -1.44. The molecule has 0 atom stereocenters. The molecular weight excluding hydrogens is 198 g/mol. The molecule has 3 aliphatic rings. The minimum Gasteiger partial charge on any atom is -0.497 e. The topological polar surface area (TPSA) is 12.5 Å². The third kappa shape index (κ3) is 1.58. The number of rotatable bonds is 2. The first-order chi connectivity index (χ1) is 7.86. The van der Waals surface area contributed by atoms with Crippen molar-refractivity contribution in [3.63, 3.8) is 0 Å². The Balaban J connectivity index is 1.97. The van der Waals surface area contributed by atoms with Crippen molar-refractivity contribution in [2.45, 2.75) is 12.8 Å². The summed E-state index contributed by atoms with van der Waals surface area (Å²) < 4.78 is 5.28. The Labute approximate surface area is 96.5 Å². The number of methoxy groups -OCH3 is 1. The SMILES string of the molecule is COc1cccc(C2=CN3CCC2CC3)c1. The average Bonchev–Trinajstić information content (AvgIpc) is 2.40. The summed E-state index contributed by atoms with van der Waals surface area (Å²) in [7, 11) is 1.73. The molecule has 0 saturated carbocycles. The molecule has 0 spiro atoms. The highest BCUT2D eigenvalue weighted by Gasteiger charge is 2.27. The van der Waals surface area contributed by atoms with Gasteiger partial charge in [0.05, 0.1) is 7.11 Å². The van der Waals surface area contributed by atoms with Gasteiger partial charge in [-0.1, -0.05) is 12.1 Å². The van der Waals surface area contributed by atoms with Crippen molar-refractivity contribution in [3.05, 3.63) is 36.0 Å². The van der Waals surface area contributed by atoms with Crippen LogP contribution in [0.4, 0.5) is 0 Å². The molecule has 0 unspecified atom stereocenters. The molecule has 0 N–H and O–H groups in total. The molecule has 0 radical (unpaired) electrons. The van der Waals surface area contributed by atoms with Gasteiger partial charge in [-0.2, -0.15) is 0 Å². The predicted molar refractivity (Wildman–Crippen MR) is 65.3 cm³/mol. The first kappa shape index (κ1) is 9.76. The van der Waals surface area contributed by atoms with Crippen LogP contribution in [-0.4, -0.2) is 25.1 Å². The highest BCUT2D eigenvalue weighted by molar-refractivity contribution is 5.69. The second-order valence-corrected chi connectivity index (χ2v) is 4.63.